The Kier molecular flexibility index (Phi) is 7.28. The summed E-state index contributed by atoms with van der Waals surface area (Å²) in [5.74, 6) is 3.21. The standard InChI is InChI=1S/C23H28N4O2/c1-17-15-22(24-13-12-19-5-4-6-21(16-19)29-3)27-23(26-17)25-14-11-18-7-9-20(28-2)10-8-18/h4-10,15-16H,11-14H2,1-3H3,(H2,24,25,26,27). The summed E-state index contributed by atoms with van der Waals surface area (Å²) in [6, 6.07) is 18.2. The van der Waals surface area contributed by atoms with Gasteiger partial charge in [-0.05, 0) is 55.2 Å². The molecule has 0 unspecified atom stereocenters. The molecular weight excluding hydrogens is 364 g/mol. The highest BCUT2D eigenvalue weighted by molar-refractivity contribution is 5.42. The number of hydrogen-bond acceptors (Lipinski definition) is 6. The van der Waals surface area contributed by atoms with Gasteiger partial charge in [-0.3, -0.25) is 0 Å². The first-order chi connectivity index (χ1) is 14.2. The Morgan fingerprint density at radius 3 is 2.24 bits per heavy atom. The highest BCUT2D eigenvalue weighted by Gasteiger charge is 2.03. The Balaban J connectivity index is 1.50. The smallest absolute Gasteiger partial charge is 0.224 e. The van der Waals surface area contributed by atoms with Crippen LogP contribution in [0.15, 0.2) is 54.6 Å². The van der Waals surface area contributed by atoms with E-state index >= 15 is 0 Å². The van der Waals surface area contributed by atoms with E-state index < -0.39 is 0 Å². The van der Waals surface area contributed by atoms with Gasteiger partial charge in [-0.25, -0.2) is 4.98 Å². The fourth-order valence-electron chi connectivity index (χ4n) is 3.01. The molecular formula is C23H28N4O2. The molecule has 2 N–H and O–H groups in total. The third kappa shape index (κ3) is 6.38. The third-order valence-corrected chi connectivity index (χ3v) is 4.56. The molecule has 3 rings (SSSR count). The molecule has 0 fully saturated rings. The Hall–Kier alpha value is -3.28. The molecule has 1 heterocycles. The molecule has 6 heteroatoms. The largest absolute Gasteiger partial charge is 0.497 e. The number of nitrogens with one attached hydrogen (secondary N) is 2. The van der Waals surface area contributed by atoms with Gasteiger partial charge in [0.05, 0.1) is 14.2 Å². The second-order valence-electron chi connectivity index (χ2n) is 6.77. The van der Waals surface area contributed by atoms with Gasteiger partial charge in [-0.15, -0.1) is 0 Å². The summed E-state index contributed by atoms with van der Waals surface area (Å²) in [4.78, 5) is 9.06. The van der Waals surface area contributed by atoms with Crippen molar-refractivity contribution in [2.24, 2.45) is 0 Å². The van der Waals surface area contributed by atoms with Gasteiger partial charge in [0.25, 0.3) is 0 Å². The molecule has 0 saturated carbocycles. The number of aryl methyl sites for hydroxylation is 1. The molecule has 2 aromatic carbocycles. The highest BCUT2D eigenvalue weighted by Crippen LogP contribution is 2.15. The molecule has 3 aromatic rings. The molecule has 152 valence electrons. The van der Waals surface area contributed by atoms with Crippen LogP contribution >= 0.6 is 0 Å². The van der Waals surface area contributed by atoms with Crippen LogP contribution in [0.4, 0.5) is 11.8 Å². The number of benzene rings is 2. The Labute approximate surface area is 172 Å². The number of hydrogen-bond donors (Lipinski definition) is 2. The van der Waals surface area contributed by atoms with E-state index in [1.54, 1.807) is 14.2 Å². The average molecular weight is 393 g/mol. The number of aromatic nitrogens is 2. The fraction of sp³-hybridized carbons (Fsp3) is 0.304. The number of rotatable bonds is 10. The van der Waals surface area contributed by atoms with Gasteiger partial charge >= 0.3 is 0 Å². The second kappa shape index (κ2) is 10.3. The van der Waals surface area contributed by atoms with Crippen molar-refractivity contribution in [3.05, 3.63) is 71.4 Å². The Bertz CT molecular complexity index is 913. The molecule has 0 aliphatic heterocycles. The van der Waals surface area contributed by atoms with Crippen molar-refractivity contribution in [3.8, 4) is 11.5 Å². The van der Waals surface area contributed by atoms with Crippen molar-refractivity contribution >= 4 is 11.8 Å². The van der Waals surface area contributed by atoms with Crippen molar-refractivity contribution < 1.29 is 9.47 Å². The van der Waals surface area contributed by atoms with E-state index in [4.69, 9.17) is 9.47 Å². The molecule has 6 nitrogen and oxygen atoms in total. The quantitative estimate of drug-likeness (QED) is 0.541. The third-order valence-electron chi connectivity index (χ3n) is 4.56. The zero-order chi connectivity index (χ0) is 20.5. The van der Waals surface area contributed by atoms with E-state index in [9.17, 15) is 0 Å². The van der Waals surface area contributed by atoms with Gasteiger partial charge in [-0.1, -0.05) is 24.3 Å². The first-order valence-corrected chi connectivity index (χ1v) is 9.75. The summed E-state index contributed by atoms with van der Waals surface area (Å²) >= 11 is 0. The van der Waals surface area contributed by atoms with Gasteiger partial charge in [-0.2, -0.15) is 4.98 Å². The zero-order valence-electron chi connectivity index (χ0n) is 17.2. The van der Waals surface area contributed by atoms with Gasteiger partial charge in [0, 0.05) is 24.8 Å². The summed E-state index contributed by atoms with van der Waals surface area (Å²) in [6.07, 6.45) is 1.78. The van der Waals surface area contributed by atoms with Crippen LogP contribution in [0.2, 0.25) is 0 Å². The lowest BCUT2D eigenvalue weighted by Crippen LogP contribution is -2.12. The number of anilines is 2. The summed E-state index contributed by atoms with van der Waals surface area (Å²) < 4.78 is 10.5. The fourth-order valence-corrected chi connectivity index (χ4v) is 3.01. The summed E-state index contributed by atoms with van der Waals surface area (Å²) in [6.45, 7) is 3.53. The van der Waals surface area contributed by atoms with Crippen molar-refractivity contribution in [3.63, 3.8) is 0 Å². The highest BCUT2D eigenvalue weighted by atomic mass is 16.5. The van der Waals surface area contributed by atoms with Crippen LogP contribution in [-0.4, -0.2) is 37.3 Å². The predicted octanol–water partition coefficient (Wildman–Crippen LogP) is 4.11. The second-order valence-corrected chi connectivity index (χ2v) is 6.77. The summed E-state index contributed by atoms with van der Waals surface area (Å²) in [7, 11) is 3.36. The van der Waals surface area contributed by atoms with Crippen molar-refractivity contribution in [1.82, 2.24) is 9.97 Å². The number of nitrogens with zero attached hydrogens (tertiary/aromatic N) is 2. The van der Waals surface area contributed by atoms with Crippen molar-refractivity contribution in [2.45, 2.75) is 19.8 Å². The molecule has 0 aliphatic carbocycles. The Morgan fingerprint density at radius 2 is 1.48 bits per heavy atom. The lowest BCUT2D eigenvalue weighted by Gasteiger charge is -2.11. The summed E-state index contributed by atoms with van der Waals surface area (Å²) in [5, 5.41) is 6.70. The first-order valence-electron chi connectivity index (χ1n) is 9.75. The molecule has 0 bridgehead atoms. The van der Waals surface area contributed by atoms with E-state index in [1.165, 1.54) is 11.1 Å². The molecule has 0 saturated heterocycles. The predicted molar refractivity (Wildman–Crippen MR) is 117 cm³/mol. The zero-order valence-corrected chi connectivity index (χ0v) is 17.2. The first kappa shape index (κ1) is 20.5. The maximum absolute atomic E-state index is 5.28. The molecule has 0 spiro atoms. The molecule has 29 heavy (non-hydrogen) atoms. The van der Waals surface area contributed by atoms with Crippen LogP contribution in [0.25, 0.3) is 0 Å². The summed E-state index contributed by atoms with van der Waals surface area (Å²) in [5.41, 5.74) is 3.39. The normalized spacial score (nSPS) is 10.4. The van der Waals surface area contributed by atoms with Crippen LogP contribution in [0, 0.1) is 6.92 Å². The van der Waals surface area contributed by atoms with E-state index in [0.29, 0.717) is 5.95 Å². The molecule has 0 radical (unpaired) electrons. The van der Waals surface area contributed by atoms with Gasteiger partial charge in [0.1, 0.15) is 17.3 Å². The van der Waals surface area contributed by atoms with Crippen molar-refractivity contribution in [2.75, 3.05) is 37.9 Å². The van der Waals surface area contributed by atoms with Gasteiger partial charge in [0.2, 0.25) is 5.95 Å². The maximum atomic E-state index is 5.28. The van der Waals surface area contributed by atoms with E-state index in [1.807, 2.05) is 37.3 Å². The molecule has 0 aliphatic rings. The minimum Gasteiger partial charge on any atom is -0.497 e. The SMILES string of the molecule is COc1ccc(CCNc2nc(C)cc(NCCc3cccc(OC)c3)n2)cc1. The number of ether oxygens (including phenoxy) is 2. The van der Waals surface area contributed by atoms with Crippen LogP contribution in [0.3, 0.4) is 0 Å². The maximum Gasteiger partial charge on any atom is 0.224 e. The van der Waals surface area contributed by atoms with E-state index in [2.05, 4.69) is 44.9 Å². The van der Waals surface area contributed by atoms with Gasteiger partial charge < -0.3 is 20.1 Å². The lowest BCUT2D eigenvalue weighted by atomic mass is 10.1. The Morgan fingerprint density at radius 1 is 0.759 bits per heavy atom. The van der Waals surface area contributed by atoms with Crippen LogP contribution < -0.4 is 20.1 Å². The van der Waals surface area contributed by atoms with E-state index in [0.717, 1.165) is 48.9 Å². The van der Waals surface area contributed by atoms with E-state index in [-0.39, 0.29) is 0 Å². The minimum atomic E-state index is 0.641. The minimum absolute atomic E-state index is 0.641. The topological polar surface area (TPSA) is 68.3 Å². The molecule has 1 aromatic heterocycles. The van der Waals surface area contributed by atoms with Crippen LogP contribution in [0.5, 0.6) is 11.5 Å². The molecule has 0 amide bonds. The van der Waals surface area contributed by atoms with Crippen molar-refractivity contribution in [1.29, 1.82) is 0 Å². The lowest BCUT2D eigenvalue weighted by molar-refractivity contribution is 0.414. The molecule has 0 atom stereocenters. The number of methoxy groups -OCH3 is 2. The van der Waals surface area contributed by atoms with Crippen LogP contribution in [0.1, 0.15) is 16.8 Å². The average Bonchev–Trinajstić information content (AvgIpc) is 2.74. The van der Waals surface area contributed by atoms with Gasteiger partial charge in [0.15, 0.2) is 0 Å². The monoisotopic (exact) mass is 392 g/mol. The van der Waals surface area contributed by atoms with Crippen LogP contribution in [-0.2, 0) is 12.8 Å².